The lowest BCUT2D eigenvalue weighted by molar-refractivity contribution is -0.880. The summed E-state index contributed by atoms with van der Waals surface area (Å²) >= 11 is 0. The summed E-state index contributed by atoms with van der Waals surface area (Å²) in [5.74, 6) is -0.928. The number of quaternary nitrogens is 2. The van der Waals surface area contributed by atoms with Gasteiger partial charge in [0.1, 0.15) is 26.2 Å². The van der Waals surface area contributed by atoms with Crippen molar-refractivity contribution < 1.29 is 32.8 Å². The van der Waals surface area contributed by atoms with Crippen LogP contribution in [0.4, 0.5) is 4.39 Å². The van der Waals surface area contributed by atoms with Crippen molar-refractivity contribution in [2.24, 2.45) is 0 Å². The maximum atomic E-state index is 15.0. The molecule has 2 aliphatic heterocycles. The lowest BCUT2D eigenvalue weighted by Crippen LogP contribution is -3.08. The van der Waals surface area contributed by atoms with Crippen LogP contribution in [0.2, 0.25) is 0 Å². The van der Waals surface area contributed by atoms with Gasteiger partial charge in [0.2, 0.25) is 0 Å². The van der Waals surface area contributed by atoms with E-state index in [4.69, 9.17) is 9.47 Å². The zero-order valence-electron chi connectivity index (χ0n) is 20.8. The minimum Gasteiger partial charge on any atom is -0.465 e. The van der Waals surface area contributed by atoms with E-state index in [9.17, 15) is 14.0 Å². The van der Waals surface area contributed by atoms with Crippen molar-refractivity contribution in [2.75, 3.05) is 34.4 Å². The van der Waals surface area contributed by atoms with Gasteiger partial charge in [-0.1, -0.05) is 24.3 Å². The minimum absolute atomic E-state index is 0.202. The van der Waals surface area contributed by atoms with E-state index in [1.807, 2.05) is 24.3 Å². The minimum atomic E-state index is -0.384. The van der Waals surface area contributed by atoms with Gasteiger partial charge in [-0.15, -0.1) is 4.39 Å². The van der Waals surface area contributed by atoms with E-state index in [0.29, 0.717) is 28.7 Å². The fourth-order valence-electron chi connectivity index (χ4n) is 4.42. The van der Waals surface area contributed by atoms with E-state index >= 15 is 0 Å². The topological polar surface area (TPSA) is 57.0 Å². The zero-order valence-corrected chi connectivity index (χ0v) is 20.8. The van der Waals surface area contributed by atoms with Crippen LogP contribution in [-0.2, 0) is 22.6 Å². The number of carbonyl (C=O) groups is 2. The van der Waals surface area contributed by atoms with Gasteiger partial charge in [0.15, 0.2) is 0 Å². The molecule has 0 saturated carbocycles. The van der Waals surface area contributed by atoms with Gasteiger partial charge in [0.25, 0.3) is 5.95 Å². The molecule has 186 valence electrons. The first-order valence-electron chi connectivity index (χ1n) is 11.8. The number of likely N-dealkylation sites (N-methyl/N-ethyl adjacent to an activating group) is 1. The average Bonchev–Trinajstić information content (AvgIpc) is 2.90. The standard InChI is InChI=1S/C29H30FN2O4/c1-32(20-22-6-10-25(11-7-22)29(34)36-3)16-13-23(14-17-32)26-12-15-31(27(30)18-26)19-21-4-8-24(9-5-21)28(33)35-2/h4-14,16,18H,15,17,19-20H2,1-3H3/q+1/p+1. The van der Waals surface area contributed by atoms with Crippen LogP contribution in [0.3, 0.4) is 0 Å². The van der Waals surface area contributed by atoms with Crippen molar-refractivity contribution in [3.8, 4) is 0 Å². The molecular formula is C29H31FN2O4+2. The molecule has 0 aliphatic carbocycles. The van der Waals surface area contributed by atoms with E-state index < -0.39 is 0 Å². The molecule has 36 heavy (non-hydrogen) atoms. The van der Waals surface area contributed by atoms with Gasteiger partial charge in [-0.3, -0.25) is 9.38 Å². The molecule has 2 unspecified atom stereocenters. The van der Waals surface area contributed by atoms with E-state index in [2.05, 4.69) is 31.5 Å². The van der Waals surface area contributed by atoms with Gasteiger partial charge < -0.3 is 9.47 Å². The maximum Gasteiger partial charge on any atom is 0.337 e. The predicted octanol–water partition coefficient (Wildman–Crippen LogP) is 3.50. The first-order valence-corrected chi connectivity index (χ1v) is 11.8. The maximum absolute atomic E-state index is 15.0. The molecule has 0 fully saturated rings. The van der Waals surface area contributed by atoms with Crippen LogP contribution in [0.25, 0.3) is 0 Å². The van der Waals surface area contributed by atoms with Crippen LogP contribution in [-0.4, -0.2) is 50.8 Å². The van der Waals surface area contributed by atoms with Crippen LogP contribution in [0.1, 0.15) is 31.8 Å². The van der Waals surface area contributed by atoms with Crippen molar-refractivity contribution in [2.45, 2.75) is 13.1 Å². The first-order chi connectivity index (χ1) is 17.3. The smallest absolute Gasteiger partial charge is 0.337 e. The van der Waals surface area contributed by atoms with Gasteiger partial charge in [0, 0.05) is 17.2 Å². The Kier molecular flexibility index (Phi) is 7.62. The summed E-state index contributed by atoms with van der Waals surface area (Å²) in [6.45, 7) is 2.59. The number of methoxy groups -OCH3 is 2. The summed E-state index contributed by atoms with van der Waals surface area (Å²) in [6, 6.07) is 14.5. The molecular weight excluding hydrogens is 459 g/mol. The number of nitrogens with one attached hydrogen (secondary N) is 1. The molecule has 4 rings (SSSR count). The zero-order chi connectivity index (χ0) is 25.7. The van der Waals surface area contributed by atoms with E-state index in [1.54, 1.807) is 30.3 Å². The molecule has 0 amide bonds. The molecule has 0 saturated heterocycles. The van der Waals surface area contributed by atoms with E-state index in [-0.39, 0.29) is 17.9 Å². The first kappa shape index (κ1) is 25.3. The highest BCUT2D eigenvalue weighted by atomic mass is 19.1. The van der Waals surface area contributed by atoms with Crippen LogP contribution >= 0.6 is 0 Å². The third kappa shape index (κ3) is 5.87. The lowest BCUT2D eigenvalue weighted by atomic mass is 10.00. The Morgan fingerprint density at radius 2 is 1.47 bits per heavy atom. The van der Waals surface area contributed by atoms with Crippen LogP contribution in [0.5, 0.6) is 0 Å². The Morgan fingerprint density at radius 1 is 0.889 bits per heavy atom. The molecule has 6 nitrogen and oxygen atoms in total. The quantitative estimate of drug-likeness (QED) is 0.367. The van der Waals surface area contributed by atoms with E-state index in [0.717, 1.165) is 40.3 Å². The summed E-state index contributed by atoms with van der Waals surface area (Å²) in [6.07, 6.45) is 10.0. The normalized spacial score (nSPS) is 21.2. The number of ether oxygens (including phenoxy) is 2. The van der Waals surface area contributed by atoms with Crippen LogP contribution < -0.4 is 4.90 Å². The highest BCUT2D eigenvalue weighted by molar-refractivity contribution is 5.89. The Bertz CT molecular complexity index is 1260. The van der Waals surface area contributed by atoms with Crippen molar-refractivity contribution in [1.29, 1.82) is 0 Å². The highest BCUT2D eigenvalue weighted by Gasteiger charge is 2.25. The fourth-order valence-corrected chi connectivity index (χ4v) is 4.42. The Hall–Kier alpha value is -3.81. The van der Waals surface area contributed by atoms with Crippen molar-refractivity contribution in [3.63, 3.8) is 0 Å². The molecule has 0 bridgehead atoms. The summed E-state index contributed by atoms with van der Waals surface area (Å²) in [4.78, 5) is 24.0. The molecule has 2 aliphatic rings. The molecule has 2 heterocycles. The highest BCUT2D eigenvalue weighted by Crippen LogP contribution is 2.24. The third-order valence-corrected chi connectivity index (χ3v) is 6.58. The van der Waals surface area contributed by atoms with E-state index in [1.165, 1.54) is 14.2 Å². The second kappa shape index (κ2) is 10.8. The van der Waals surface area contributed by atoms with Gasteiger partial charge in [-0.05, 0) is 53.6 Å². The van der Waals surface area contributed by atoms with Gasteiger partial charge >= 0.3 is 11.9 Å². The largest absolute Gasteiger partial charge is 0.465 e. The molecule has 7 heteroatoms. The SMILES string of the molecule is COC(=O)c1ccc(C[NH+]2CC=C(C3=CC[N+](C)(Cc4ccc(C(=O)OC)cc4)C=C3)C=C2F)cc1. The fraction of sp³-hybridized carbons (Fsp3) is 0.241. The van der Waals surface area contributed by atoms with Crippen molar-refractivity contribution in [1.82, 2.24) is 0 Å². The second-order valence-corrected chi connectivity index (χ2v) is 9.31. The van der Waals surface area contributed by atoms with Gasteiger partial charge in [-0.25, -0.2) is 9.59 Å². The number of halogens is 1. The summed E-state index contributed by atoms with van der Waals surface area (Å²) in [5, 5.41) is 0. The molecule has 2 aromatic carbocycles. The number of hydrogen-bond acceptors (Lipinski definition) is 4. The van der Waals surface area contributed by atoms with Crippen LogP contribution in [0, 0.1) is 0 Å². The number of hydrogen-bond donors (Lipinski definition) is 1. The summed E-state index contributed by atoms with van der Waals surface area (Å²) < 4.78 is 25.1. The molecule has 0 aromatic heterocycles. The molecule has 0 spiro atoms. The molecule has 2 aromatic rings. The summed E-state index contributed by atoms with van der Waals surface area (Å²) in [7, 11) is 4.86. The van der Waals surface area contributed by atoms with Gasteiger partial charge in [0.05, 0.1) is 38.6 Å². The van der Waals surface area contributed by atoms with Crippen molar-refractivity contribution in [3.05, 3.63) is 118 Å². The third-order valence-electron chi connectivity index (χ3n) is 6.58. The number of allylic oxidation sites excluding steroid dienone is 4. The Morgan fingerprint density at radius 3 is 1.97 bits per heavy atom. The lowest BCUT2D eigenvalue weighted by Gasteiger charge is -2.32. The molecule has 0 radical (unpaired) electrons. The molecule has 2 atom stereocenters. The Labute approximate surface area is 210 Å². The number of benzene rings is 2. The monoisotopic (exact) mass is 490 g/mol. The summed E-state index contributed by atoms with van der Waals surface area (Å²) in [5.41, 5.74) is 4.99. The molecule has 1 N–H and O–H groups in total. The number of rotatable bonds is 7. The van der Waals surface area contributed by atoms with Crippen LogP contribution in [0.15, 0.2) is 96.1 Å². The second-order valence-electron chi connectivity index (χ2n) is 9.31. The van der Waals surface area contributed by atoms with Crippen molar-refractivity contribution >= 4 is 11.9 Å². The average molecular weight is 491 g/mol. The number of esters is 2. The number of carbonyl (C=O) groups excluding carboxylic acids is 2. The van der Waals surface area contributed by atoms with Gasteiger partial charge in [-0.2, -0.15) is 0 Å². The Balaban J connectivity index is 1.35. The predicted molar refractivity (Wildman–Crippen MR) is 134 cm³/mol. The number of nitrogens with zero attached hydrogens (tertiary/aromatic N) is 1.